The van der Waals surface area contributed by atoms with E-state index < -0.39 is 6.63 Å². The van der Waals surface area contributed by atoms with Crippen LogP contribution in [0.4, 0.5) is 0 Å². The van der Waals surface area contributed by atoms with Crippen molar-refractivity contribution in [2.24, 2.45) is 0 Å². The number of nitrogens with zero attached hydrogens (tertiary/aromatic N) is 1. The van der Waals surface area contributed by atoms with Gasteiger partial charge in [-0.1, -0.05) is 0 Å². The van der Waals surface area contributed by atoms with Crippen LogP contribution >= 0.6 is 0 Å². The average Bonchev–Trinajstić information content (AvgIpc) is 1.65. The Balaban J connectivity index is 3.14. The zero-order chi connectivity index (χ0) is 5.86. The van der Waals surface area contributed by atoms with Crippen molar-refractivity contribution >= 4 is 37.1 Å². The molecule has 0 aliphatic rings. The standard InChI is InChI=1S/CH3B5N/c1-7(5-2)6(3)4/h1H3. The molecule has 0 saturated carbocycles. The Labute approximate surface area is 49.8 Å². The summed E-state index contributed by atoms with van der Waals surface area (Å²) in [6.07, 6.45) is 0. The van der Waals surface area contributed by atoms with Gasteiger partial charge >= 0.3 is 0 Å². The Kier molecular flexibility index (Phi) is 3.44. The summed E-state index contributed by atoms with van der Waals surface area (Å²) < 4.78 is 1.50. The first-order chi connectivity index (χ1) is 3.18. The second kappa shape index (κ2) is 3.31. The summed E-state index contributed by atoms with van der Waals surface area (Å²) in [5, 5.41) is 0. The largest absolute Gasteiger partial charge is 0.412 e. The lowest BCUT2D eigenvalue weighted by molar-refractivity contribution is 0.871. The minimum Gasteiger partial charge on any atom is -0.412 e. The van der Waals surface area contributed by atoms with Crippen LogP contribution in [0, 0.1) is 0 Å². The molecule has 7 heavy (non-hydrogen) atoms. The fourth-order valence-electron chi connectivity index (χ4n) is 0.0994. The Morgan fingerprint density at radius 1 is 1.57 bits per heavy atom. The monoisotopic (exact) mass is 84.1 g/mol. The molecule has 0 amide bonds. The molecule has 0 N–H and O–H groups in total. The third kappa shape index (κ3) is 2.92. The van der Waals surface area contributed by atoms with Gasteiger partial charge in [0.15, 0.2) is 0 Å². The van der Waals surface area contributed by atoms with E-state index in [1.54, 1.807) is 7.05 Å². The quantitative estimate of drug-likeness (QED) is 0.347. The Bertz CT molecular complexity index is 45.3. The molecular weight excluding hydrogens is 80.1 g/mol. The molecule has 0 heterocycles. The van der Waals surface area contributed by atoms with Crippen LogP contribution < -0.4 is 0 Å². The van der Waals surface area contributed by atoms with E-state index in [4.69, 9.17) is 23.2 Å². The van der Waals surface area contributed by atoms with E-state index in [0.717, 1.165) is 0 Å². The van der Waals surface area contributed by atoms with Gasteiger partial charge in [0.1, 0.15) is 13.9 Å². The highest BCUT2D eigenvalue weighted by molar-refractivity contribution is 7.30. The first-order valence-electron chi connectivity index (χ1n) is 1.96. The molecule has 0 fully saturated rings. The van der Waals surface area contributed by atoms with Crippen LogP contribution in [0.5, 0.6) is 0 Å². The molecule has 0 aromatic rings. The Morgan fingerprint density at radius 3 is 2.00 bits per heavy atom. The van der Waals surface area contributed by atoms with Gasteiger partial charge in [0.05, 0.1) is 0 Å². The zero-order valence-corrected chi connectivity index (χ0v) is 4.33. The van der Waals surface area contributed by atoms with Crippen LogP contribution in [0.15, 0.2) is 0 Å². The first kappa shape index (κ1) is 7.28. The van der Waals surface area contributed by atoms with E-state index in [2.05, 4.69) is 0 Å². The molecule has 0 aromatic carbocycles. The van der Waals surface area contributed by atoms with Gasteiger partial charge in [0.2, 0.25) is 0 Å². The fourth-order valence-corrected chi connectivity index (χ4v) is 0.0994. The average molecular weight is 83.1 g/mol. The van der Waals surface area contributed by atoms with Gasteiger partial charge in [-0.3, -0.25) is 0 Å². The Hall–Kier alpha value is 0.285. The van der Waals surface area contributed by atoms with Gasteiger partial charge in [-0.2, -0.15) is 0 Å². The number of hydrogen-bond acceptors (Lipinski definition) is 1. The first-order valence-corrected chi connectivity index (χ1v) is 1.96. The maximum atomic E-state index is 5.14. The summed E-state index contributed by atoms with van der Waals surface area (Å²) in [6, 6.07) is 0. The van der Waals surface area contributed by atoms with Crippen molar-refractivity contribution in [2.75, 3.05) is 7.05 Å². The van der Waals surface area contributed by atoms with Crippen LogP contribution in [0.25, 0.3) is 0 Å². The fraction of sp³-hybridized carbons (Fsp3) is 1.00. The maximum absolute atomic E-state index is 5.14. The van der Waals surface area contributed by atoms with E-state index >= 15 is 0 Å². The van der Waals surface area contributed by atoms with Gasteiger partial charge in [-0.15, -0.1) is 0 Å². The predicted molar refractivity (Wildman–Crippen MR) is 36.5 cm³/mol. The lowest BCUT2D eigenvalue weighted by Gasteiger charge is -2.16. The van der Waals surface area contributed by atoms with E-state index in [1.165, 1.54) is 12.0 Å². The zero-order valence-electron chi connectivity index (χ0n) is 4.33. The van der Waals surface area contributed by atoms with Crippen LogP contribution in [0.2, 0.25) is 0 Å². The maximum Gasteiger partial charge on any atom is 0.132 e. The molecule has 0 bridgehead atoms. The van der Waals surface area contributed by atoms with Crippen molar-refractivity contribution < 1.29 is 0 Å². The summed E-state index contributed by atoms with van der Waals surface area (Å²) in [4.78, 5) is 0. The summed E-state index contributed by atoms with van der Waals surface area (Å²) in [5.74, 6) is 0. The summed E-state index contributed by atoms with van der Waals surface area (Å²) >= 11 is 0. The van der Waals surface area contributed by atoms with E-state index in [9.17, 15) is 0 Å². The normalized spacial score (nSPS) is 8.86. The van der Waals surface area contributed by atoms with Crippen LogP contribution in [0.3, 0.4) is 0 Å². The van der Waals surface area contributed by atoms with Gasteiger partial charge < -0.3 is 4.72 Å². The third-order valence-electron chi connectivity index (χ3n) is 0.705. The molecule has 7 radical (unpaired) electrons. The second-order valence-corrected chi connectivity index (χ2v) is 1.31. The lowest BCUT2D eigenvalue weighted by atomic mass is 9.24. The minimum absolute atomic E-state index is 0.481. The molecule has 0 saturated heterocycles. The SMILES string of the molecule is [B][B]N(C)B([B])[B]. The van der Waals surface area contributed by atoms with Crippen LogP contribution in [-0.2, 0) is 0 Å². The van der Waals surface area contributed by atoms with Crippen LogP contribution in [0.1, 0.15) is 0 Å². The molecule has 0 rings (SSSR count). The van der Waals surface area contributed by atoms with Gasteiger partial charge in [0, 0.05) is 23.2 Å². The van der Waals surface area contributed by atoms with Crippen LogP contribution in [-0.4, -0.2) is 48.9 Å². The van der Waals surface area contributed by atoms with E-state index in [0.29, 0.717) is 0 Å². The predicted octanol–water partition coefficient (Wildman–Crippen LogP) is -2.06. The molecule has 0 aliphatic heterocycles. The molecule has 0 aliphatic carbocycles. The molecule has 0 aromatic heterocycles. The van der Waals surface area contributed by atoms with Gasteiger partial charge in [0.25, 0.3) is 0 Å². The molecule has 6 heteroatoms. The third-order valence-corrected chi connectivity index (χ3v) is 0.705. The second-order valence-electron chi connectivity index (χ2n) is 1.31. The molecule has 0 atom stereocenters. The van der Waals surface area contributed by atoms with E-state index in [1.807, 2.05) is 0 Å². The lowest BCUT2D eigenvalue weighted by Crippen LogP contribution is -2.40. The van der Waals surface area contributed by atoms with Crippen molar-refractivity contribution in [3.8, 4) is 0 Å². The molecule has 0 unspecified atom stereocenters. The molecule has 1 nitrogen and oxygen atoms in total. The molecular formula is CH3B5N. The molecule has 0 spiro atoms. The minimum atomic E-state index is -0.481. The summed E-state index contributed by atoms with van der Waals surface area (Å²) in [6.45, 7) is -0.481. The highest BCUT2D eigenvalue weighted by atomic mass is 14.9. The van der Waals surface area contributed by atoms with Gasteiger partial charge in [-0.05, 0) is 7.05 Å². The number of rotatable bonds is 2. The van der Waals surface area contributed by atoms with Gasteiger partial charge in [-0.25, -0.2) is 0 Å². The van der Waals surface area contributed by atoms with Crippen molar-refractivity contribution in [3.05, 3.63) is 0 Å². The highest BCUT2D eigenvalue weighted by Gasteiger charge is 1.99. The van der Waals surface area contributed by atoms with Crippen molar-refractivity contribution in [3.63, 3.8) is 0 Å². The number of hydrogen-bond donors (Lipinski definition) is 0. The van der Waals surface area contributed by atoms with Crippen molar-refractivity contribution in [1.82, 2.24) is 4.72 Å². The summed E-state index contributed by atoms with van der Waals surface area (Å²) in [7, 11) is 18.3. The van der Waals surface area contributed by atoms with Crippen molar-refractivity contribution in [1.29, 1.82) is 0 Å². The summed E-state index contributed by atoms with van der Waals surface area (Å²) in [5.41, 5.74) is 0. The topological polar surface area (TPSA) is 3.24 Å². The molecule has 27 valence electrons. The smallest absolute Gasteiger partial charge is 0.132 e. The van der Waals surface area contributed by atoms with E-state index in [-0.39, 0.29) is 0 Å². The van der Waals surface area contributed by atoms with Crippen molar-refractivity contribution in [2.45, 2.75) is 0 Å². The Morgan fingerprint density at radius 2 is 2.00 bits per heavy atom. The highest BCUT2D eigenvalue weighted by Crippen LogP contribution is 1.71.